The minimum absolute atomic E-state index is 0.158. The molecule has 1 aromatic carbocycles. The van der Waals surface area contributed by atoms with Gasteiger partial charge < -0.3 is 4.90 Å². The standard InChI is InChI=1S/C11H9FN2O2/c12-8-2-1-3-10(4-8)14-6-9(13-7-15)5-11(14)16/h1-4,9H,5-6H2/t9-/m0/s1. The largest absolute Gasteiger partial charge is 0.310 e. The van der Waals surface area contributed by atoms with Crippen molar-refractivity contribution in [3.63, 3.8) is 0 Å². The Morgan fingerprint density at radius 2 is 2.31 bits per heavy atom. The van der Waals surface area contributed by atoms with Crippen molar-refractivity contribution in [3.05, 3.63) is 30.1 Å². The third-order valence-corrected chi connectivity index (χ3v) is 2.46. The zero-order valence-corrected chi connectivity index (χ0v) is 8.39. The molecule has 82 valence electrons. The fourth-order valence-electron chi connectivity index (χ4n) is 1.74. The number of carbonyl (C=O) groups is 1. The molecule has 0 bridgehead atoms. The molecule has 1 fully saturated rings. The molecule has 1 saturated heterocycles. The Morgan fingerprint density at radius 1 is 1.50 bits per heavy atom. The normalized spacial score (nSPS) is 19.7. The second-order valence-electron chi connectivity index (χ2n) is 3.56. The monoisotopic (exact) mass is 220 g/mol. The first-order chi connectivity index (χ1) is 7.70. The Kier molecular flexibility index (Phi) is 2.79. The topological polar surface area (TPSA) is 49.7 Å². The summed E-state index contributed by atoms with van der Waals surface area (Å²) in [4.78, 5) is 26.6. The molecule has 0 radical (unpaired) electrons. The van der Waals surface area contributed by atoms with Gasteiger partial charge in [0.1, 0.15) is 5.82 Å². The zero-order valence-electron chi connectivity index (χ0n) is 8.39. The molecule has 0 spiro atoms. The van der Waals surface area contributed by atoms with Crippen molar-refractivity contribution in [2.75, 3.05) is 11.4 Å². The van der Waals surface area contributed by atoms with Crippen LogP contribution in [0, 0.1) is 5.82 Å². The van der Waals surface area contributed by atoms with Gasteiger partial charge in [0.2, 0.25) is 12.0 Å². The highest BCUT2D eigenvalue weighted by Crippen LogP contribution is 2.23. The number of halogens is 1. The lowest BCUT2D eigenvalue weighted by molar-refractivity contribution is -0.117. The van der Waals surface area contributed by atoms with E-state index in [4.69, 9.17) is 0 Å². The zero-order chi connectivity index (χ0) is 11.5. The van der Waals surface area contributed by atoms with Crippen LogP contribution in [-0.4, -0.2) is 24.6 Å². The van der Waals surface area contributed by atoms with Gasteiger partial charge in [0.15, 0.2) is 0 Å². The van der Waals surface area contributed by atoms with Gasteiger partial charge in [-0.25, -0.2) is 14.2 Å². The highest BCUT2D eigenvalue weighted by molar-refractivity contribution is 5.96. The predicted molar refractivity (Wildman–Crippen MR) is 55.3 cm³/mol. The molecule has 0 aliphatic carbocycles. The minimum atomic E-state index is -0.396. The summed E-state index contributed by atoms with van der Waals surface area (Å²) in [6.07, 6.45) is 1.61. The average Bonchev–Trinajstić information content (AvgIpc) is 2.60. The van der Waals surface area contributed by atoms with Crippen LogP contribution < -0.4 is 4.90 Å². The quantitative estimate of drug-likeness (QED) is 0.556. The van der Waals surface area contributed by atoms with E-state index >= 15 is 0 Å². The molecular weight excluding hydrogens is 211 g/mol. The van der Waals surface area contributed by atoms with Gasteiger partial charge in [0.05, 0.1) is 12.5 Å². The number of nitrogens with zero attached hydrogens (tertiary/aromatic N) is 2. The van der Waals surface area contributed by atoms with Crippen LogP contribution in [0.4, 0.5) is 10.1 Å². The van der Waals surface area contributed by atoms with E-state index in [0.29, 0.717) is 12.2 Å². The summed E-state index contributed by atoms with van der Waals surface area (Å²) in [5.74, 6) is -0.553. The third-order valence-electron chi connectivity index (χ3n) is 2.46. The SMILES string of the molecule is O=C=N[C@H]1CC(=O)N(c2cccc(F)c2)C1. The number of rotatable bonds is 2. The summed E-state index contributed by atoms with van der Waals surface area (Å²) in [6.45, 7) is 0.303. The molecule has 0 saturated carbocycles. The number of carbonyl (C=O) groups excluding carboxylic acids is 2. The second-order valence-corrected chi connectivity index (χ2v) is 3.56. The van der Waals surface area contributed by atoms with E-state index in [0.717, 1.165) is 0 Å². The van der Waals surface area contributed by atoms with Crippen molar-refractivity contribution in [1.82, 2.24) is 0 Å². The first-order valence-corrected chi connectivity index (χ1v) is 4.83. The summed E-state index contributed by atoms with van der Waals surface area (Å²) < 4.78 is 13.0. The number of amides is 1. The summed E-state index contributed by atoms with van der Waals surface area (Å²) in [6, 6.07) is 5.41. The van der Waals surface area contributed by atoms with E-state index in [2.05, 4.69) is 4.99 Å². The molecule has 1 aromatic rings. The van der Waals surface area contributed by atoms with Crippen molar-refractivity contribution in [1.29, 1.82) is 0 Å². The smallest absolute Gasteiger partial charge is 0.235 e. The molecule has 1 aliphatic heterocycles. The second kappa shape index (κ2) is 4.24. The van der Waals surface area contributed by atoms with E-state index in [1.165, 1.54) is 29.2 Å². The van der Waals surface area contributed by atoms with E-state index in [1.807, 2.05) is 0 Å². The fraction of sp³-hybridized carbons (Fsp3) is 0.273. The van der Waals surface area contributed by atoms with E-state index in [9.17, 15) is 14.0 Å². The van der Waals surface area contributed by atoms with Crippen LogP contribution in [0.25, 0.3) is 0 Å². The van der Waals surface area contributed by atoms with Crippen molar-refractivity contribution in [2.24, 2.45) is 4.99 Å². The van der Waals surface area contributed by atoms with Crippen molar-refractivity contribution >= 4 is 17.7 Å². The van der Waals surface area contributed by atoms with E-state index in [1.54, 1.807) is 6.07 Å². The first-order valence-electron chi connectivity index (χ1n) is 4.83. The lowest BCUT2D eigenvalue weighted by Crippen LogP contribution is -2.24. The number of anilines is 1. The molecule has 16 heavy (non-hydrogen) atoms. The van der Waals surface area contributed by atoms with Gasteiger partial charge in [0, 0.05) is 12.2 Å². The van der Waals surface area contributed by atoms with Gasteiger partial charge in [-0.05, 0) is 18.2 Å². The van der Waals surface area contributed by atoms with Crippen LogP contribution >= 0.6 is 0 Å². The Hall–Kier alpha value is -2.00. The summed E-state index contributed by atoms with van der Waals surface area (Å²) in [5.41, 5.74) is 0.494. The van der Waals surface area contributed by atoms with Crippen LogP contribution in [0.5, 0.6) is 0 Å². The van der Waals surface area contributed by atoms with Crippen LogP contribution in [-0.2, 0) is 9.59 Å². The molecule has 0 aromatic heterocycles. The van der Waals surface area contributed by atoms with E-state index in [-0.39, 0.29) is 18.4 Å². The third kappa shape index (κ3) is 1.99. The average molecular weight is 220 g/mol. The molecule has 2 rings (SSSR count). The number of benzene rings is 1. The highest BCUT2D eigenvalue weighted by Gasteiger charge is 2.30. The number of hydrogen-bond donors (Lipinski definition) is 0. The van der Waals surface area contributed by atoms with Gasteiger partial charge >= 0.3 is 0 Å². The molecule has 1 amide bonds. The lowest BCUT2D eigenvalue weighted by atomic mass is 10.3. The van der Waals surface area contributed by atoms with Crippen molar-refractivity contribution < 1.29 is 14.0 Å². The molecule has 0 unspecified atom stereocenters. The minimum Gasteiger partial charge on any atom is -0.310 e. The lowest BCUT2D eigenvalue weighted by Gasteiger charge is -2.15. The van der Waals surface area contributed by atoms with Crippen molar-refractivity contribution in [2.45, 2.75) is 12.5 Å². The molecule has 1 atom stereocenters. The Balaban J connectivity index is 2.23. The number of isocyanates is 1. The maximum absolute atomic E-state index is 13.0. The van der Waals surface area contributed by atoms with Crippen LogP contribution in [0.3, 0.4) is 0 Å². The Labute approximate surface area is 91.4 Å². The van der Waals surface area contributed by atoms with Gasteiger partial charge in [-0.1, -0.05) is 6.07 Å². The molecule has 0 N–H and O–H groups in total. The van der Waals surface area contributed by atoms with Crippen LogP contribution in [0.15, 0.2) is 29.3 Å². The Morgan fingerprint density at radius 3 is 3.00 bits per heavy atom. The van der Waals surface area contributed by atoms with Gasteiger partial charge in [0.25, 0.3) is 0 Å². The summed E-state index contributed by atoms with van der Waals surface area (Å²) in [7, 11) is 0. The van der Waals surface area contributed by atoms with Crippen LogP contribution in [0.2, 0.25) is 0 Å². The first kappa shape index (κ1) is 10.5. The number of hydrogen-bond acceptors (Lipinski definition) is 3. The number of aliphatic imine (C=N–C) groups is 1. The summed E-state index contributed by atoms with van der Waals surface area (Å²) >= 11 is 0. The molecule has 1 aliphatic rings. The van der Waals surface area contributed by atoms with E-state index < -0.39 is 5.82 Å². The van der Waals surface area contributed by atoms with Gasteiger partial charge in [-0.3, -0.25) is 4.79 Å². The van der Waals surface area contributed by atoms with Gasteiger partial charge in [-0.2, -0.15) is 0 Å². The maximum Gasteiger partial charge on any atom is 0.235 e. The Bertz CT molecular complexity index is 469. The van der Waals surface area contributed by atoms with Crippen LogP contribution in [0.1, 0.15) is 6.42 Å². The molecule has 1 heterocycles. The molecule has 4 nitrogen and oxygen atoms in total. The highest BCUT2D eigenvalue weighted by atomic mass is 19.1. The predicted octanol–water partition coefficient (Wildman–Crippen LogP) is 1.27. The maximum atomic E-state index is 13.0. The fourth-order valence-corrected chi connectivity index (χ4v) is 1.74. The van der Waals surface area contributed by atoms with Crippen molar-refractivity contribution in [3.8, 4) is 0 Å². The van der Waals surface area contributed by atoms with Gasteiger partial charge in [-0.15, -0.1) is 0 Å². The molecule has 5 heteroatoms. The summed E-state index contributed by atoms with van der Waals surface area (Å²) in [5, 5.41) is 0. The molecular formula is C11H9FN2O2.